The van der Waals surface area contributed by atoms with E-state index in [-0.39, 0.29) is 5.25 Å². The van der Waals surface area contributed by atoms with Gasteiger partial charge in [-0.3, -0.25) is 4.79 Å². The Hall–Kier alpha value is -2.06. The van der Waals surface area contributed by atoms with E-state index in [1.54, 1.807) is 0 Å². The number of benzene rings is 1. The van der Waals surface area contributed by atoms with E-state index in [0.717, 1.165) is 68.2 Å². The number of allylic oxidation sites excluding steroid dienone is 10. The summed E-state index contributed by atoms with van der Waals surface area (Å²) in [4.78, 5) is 12.8. The van der Waals surface area contributed by atoms with Crippen LogP contribution in [-0.2, 0) is 0 Å². The second-order valence-corrected chi connectivity index (χ2v) is 9.46. The zero-order chi connectivity index (χ0) is 24.0. The molecule has 0 aromatic heterocycles. The monoisotopic (exact) mass is 464 g/mol. The van der Waals surface area contributed by atoms with Crippen LogP contribution in [0, 0.1) is 6.92 Å². The van der Waals surface area contributed by atoms with Crippen molar-refractivity contribution < 1.29 is 4.79 Å². The van der Waals surface area contributed by atoms with Gasteiger partial charge in [0.25, 0.3) is 0 Å². The molecule has 1 atom stereocenters. The fourth-order valence-electron chi connectivity index (χ4n) is 3.36. The summed E-state index contributed by atoms with van der Waals surface area (Å²) in [5, 5.41) is 0.0831. The summed E-state index contributed by atoms with van der Waals surface area (Å²) in [5.41, 5.74) is 1.97. The summed E-state index contributed by atoms with van der Waals surface area (Å²) in [6.45, 7) is 6.30. The lowest BCUT2D eigenvalue weighted by molar-refractivity contribution is 0.0987. The SMILES string of the molecule is CC/C=C\C/C=C\C/C=C\C/C=C\C/C=C\CCCCS[C@H](CC)C(=O)c1ccccc1C. The van der Waals surface area contributed by atoms with Gasteiger partial charge >= 0.3 is 0 Å². The molecule has 0 saturated carbocycles. The number of Topliss-reactive ketones (excluding diaryl/α,β-unsaturated/α-hetero) is 1. The first kappa shape index (κ1) is 29.0. The Morgan fingerprint density at radius 3 is 1.88 bits per heavy atom. The summed E-state index contributed by atoms with van der Waals surface area (Å²) in [6.07, 6.45) is 31.9. The van der Waals surface area contributed by atoms with Gasteiger partial charge in [-0.05, 0) is 76.0 Å². The highest BCUT2D eigenvalue weighted by Gasteiger charge is 2.19. The topological polar surface area (TPSA) is 17.1 Å². The third-order valence-corrected chi connectivity index (χ3v) is 6.79. The van der Waals surface area contributed by atoms with Crippen LogP contribution in [-0.4, -0.2) is 16.8 Å². The zero-order valence-corrected chi connectivity index (χ0v) is 21.9. The van der Waals surface area contributed by atoms with E-state index in [4.69, 9.17) is 0 Å². The lowest BCUT2D eigenvalue weighted by atomic mass is 10.0. The van der Waals surface area contributed by atoms with Crippen molar-refractivity contribution in [1.29, 1.82) is 0 Å². The molecule has 0 bridgehead atoms. The van der Waals surface area contributed by atoms with Gasteiger partial charge in [-0.2, -0.15) is 11.8 Å². The van der Waals surface area contributed by atoms with Crippen molar-refractivity contribution in [3.63, 3.8) is 0 Å². The standard InChI is InChI=1S/C31H44OS/c1-4-6-7-8-9-10-11-12-13-14-15-16-17-18-19-20-21-24-27-33-30(5-2)31(32)29-26-23-22-25-28(29)3/h6-7,9-10,12-13,15-16,18-19,22-23,25-26,30H,4-5,8,11,14,17,20-21,24,27H2,1-3H3/b7-6-,10-9-,13-12-,16-15-,19-18-/t30-/m1/s1. The Kier molecular flexibility index (Phi) is 18.0. The third-order valence-electron chi connectivity index (χ3n) is 5.32. The fourth-order valence-corrected chi connectivity index (χ4v) is 4.53. The number of thioether (sulfide) groups is 1. The number of aryl methyl sites for hydroxylation is 1. The van der Waals surface area contributed by atoms with Crippen molar-refractivity contribution in [1.82, 2.24) is 0 Å². The van der Waals surface area contributed by atoms with Crippen molar-refractivity contribution >= 4 is 17.5 Å². The van der Waals surface area contributed by atoms with Gasteiger partial charge in [-0.15, -0.1) is 0 Å². The number of carbonyl (C=O) groups excluding carboxylic acids is 1. The minimum atomic E-state index is 0.0831. The fraction of sp³-hybridized carbons (Fsp3) is 0.452. The maximum atomic E-state index is 12.8. The molecular formula is C31H44OS. The smallest absolute Gasteiger partial charge is 0.176 e. The molecule has 1 nitrogen and oxygen atoms in total. The van der Waals surface area contributed by atoms with Crippen LogP contribution in [0.1, 0.15) is 87.6 Å². The molecule has 0 unspecified atom stereocenters. The summed E-state index contributed by atoms with van der Waals surface area (Å²) in [7, 11) is 0. The van der Waals surface area contributed by atoms with Crippen molar-refractivity contribution in [3.8, 4) is 0 Å². The lowest BCUT2D eigenvalue weighted by Gasteiger charge is -2.14. The van der Waals surface area contributed by atoms with E-state index in [0.29, 0.717) is 5.78 Å². The van der Waals surface area contributed by atoms with Crippen LogP contribution in [0.3, 0.4) is 0 Å². The van der Waals surface area contributed by atoms with Crippen LogP contribution >= 0.6 is 11.8 Å². The maximum absolute atomic E-state index is 12.8. The normalized spacial score (nSPS) is 13.4. The van der Waals surface area contributed by atoms with Crippen molar-refractivity contribution in [2.24, 2.45) is 0 Å². The van der Waals surface area contributed by atoms with Gasteiger partial charge in [-0.25, -0.2) is 0 Å². The predicted molar refractivity (Wildman–Crippen MR) is 150 cm³/mol. The van der Waals surface area contributed by atoms with E-state index in [9.17, 15) is 4.79 Å². The summed E-state index contributed by atoms with van der Waals surface area (Å²) < 4.78 is 0. The third kappa shape index (κ3) is 14.7. The van der Waals surface area contributed by atoms with Crippen LogP contribution in [0.2, 0.25) is 0 Å². The van der Waals surface area contributed by atoms with E-state index in [1.165, 1.54) is 6.42 Å². The predicted octanol–water partition coefficient (Wildman–Crippen LogP) is 9.61. The van der Waals surface area contributed by atoms with Crippen LogP contribution in [0.25, 0.3) is 0 Å². The van der Waals surface area contributed by atoms with E-state index in [1.807, 2.05) is 43.0 Å². The van der Waals surface area contributed by atoms with Crippen LogP contribution < -0.4 is 0 Å². The van der Waals surface area contributed by atoms with Crippen molar-refractivity contribution in [2.45, 2.75) is 83.8 Å². The second kappa shape index (κ2) is 20.5. The van der Waals surface area contributed by atoms with Gasteiger partial charge in [-0.1, -0.05) is 98.9 Å². The van der Waals surface area contributed by atoms with Crippen LogP contribution in [0.5, 0.6) is 0 Å². The number of hydrogen-bond donors (Lipinski definition) is 0. The first-order chi connectivity index (χ1) is 16.2. The number of unbranched alkanes of at least 4 members (excludes halogenated alkanes) is 2. The van der Waals surface area contributed by atoms with Gasteiger partial charge in [0.05, 0.1) is 5.25 Å². The second-order valence-electron chi connectivity index (χ2n) is 8.15. The number of rotatable bonds is 18. The summed E-state index contributed by atoms with van der Waals surface area (Å²) in [6, 6.07) is 7.94. The molecule has 1 rings (SSSR count). The highest BCUT2D eigenvalue weighted by Crippen LogP contribution is 2.23. The molecule has 0 aliphatic carbocycles. The van der Waals surface area contributed by atoms with E-state index in [2.05, 4.69) is 74.6 Å². The highest BCUT2D eigenvalue weighted by molar-refractivity contribution is 8.00. The number of ketones is 1. The number of carbonyl (C=O) groups is 1. The van der Waals surface area contributed by atoms with Crippen molar-refractivity contribution in [2.75, 3.05) is 5.75 Å². The molecule has 1 aromatic rings. The molecule has 180 valence electrons. The molecule has 0 radical (unpaired) electrons. The molecule has 0 saturated heterocycles. The Bertz CT molecular complexity index is 782. The average molecular weight is 465 g/mol. The van der Waals surface area contributed by atoms with Gasteiger partial charge in [0.1, 0.15) is 0 Å². The van der Waals surface area contributed by atoms with E-state index < -0.39 is 0 Å². The van der Waals surface area contributed by atoms with Gasteiger partial charge in [0.15, 0.2) is 5.78 Å². The van der Waals surface area contributed by atoms with E-state index >= 15 is 0 Å². The molecule has 0 N–H and O–H groups in total. The number of hydrogen-bond acceptors (Lipinski definition) is 2. The molecule has 0 aliphatic rings. The summed E-state index contributed by atoms with van der Waals surface area (Å²) in [5.74, 6) is 1.35. The quantitative estimate of drug-likeness (QED) is 0.122. The highest BCUT2D eigenvalue weighted by atomic mass is 32.2. The minimum absolute atomic E-state index is 0.0831. The first-order valence-corrected chi connectivity index (χ1v) is 13.7. The molecule has 33 heavy (non-hydrogen) atoms. The molecular weight excluding hydrogens is 420 g/mol. The first-order valence-electron chi connectivity index (χ1n) is 12.7. The Morgan fingerprint density at radius 1 is 0.788 bits per heavy atom. The minimum Gasteiger partial charge on any atom is -0.293 e. The lowest BCUT2D eigenvalue weighted by Crippen LogP contribution is -2.18. The molecule has 0 spiro atoms. The van der Waals surface area contributed by atoms with Gasteiger partial charge < -0.3 is 0 Å². The zero-order valence-electron chi connectivity index (χ0n) is 21.0. The van der Waals surface area contributed by atoms with Crippen LogP contribution in [0.15, 0.2) is 85.0 Å². The molecule has 0 fully saturated rings. The Balaban J connectivity index is 2.07. The maximum Gasteiger partial charge on any atom is 0.176 e. The molecule has 2 heteroatoms. The van der Waals surface area contributed by atoms with Crippen LogP contribution in [0.4, 0.5) is 0 Å². The molecule has 0 aliphatic heterocycles. The Morgan fingerprint density at radius 2 is 1.33 bits per heavy atom. The van der Waals surface area contributed by atoms with Crippen molar-refractivity contribution in [3.05, 3.63) is 96.2 Å². The Labute approximate surface area is 207 Å². The van der Waals surface area contributed by atoms with Gasteiger partial charge in [0.2, 0.25) is 0 Å². The molecule has 1 aromatic carbocycles. The summed E-state index contributed by atoms with van der Waals surface area (Å²) >= 11 is 1.82. The largest absolute Gasteiger partial charge is 0.293 e. The van der Waals surface area contributed by atoms with Gasteiger partial charge in [0, 0.05) is 5.56 Å². The average Bonchev–Trinajstić information content (AvgIpc) is 2.83. The molecule has 0 amide bonds. The molecule has 0 heterocycles.